The summed E-state index contributed by atoms with van der Waals surface area (Å²) in [5.41, 5.74) is 0. The van der Waals surface area contributed by atoms with Gasteiger partial charge in [0.15, 0.2) is 0 Å². The molecule has 0 saturated heterocycles. The van der Waals surface area contributed by atoms with Crippen LogP contribution in [0.2, 0.25) is 0 Å². The van der Waals surface area contributed by atoms with Crippen LogP contribution in [-0.4, -0.2) is 11.6 Å². The fourth-order valence-corrected chi connectivity index (χ4v) is 1.53. The van der Waals surface area contributed by atoms with Crippen LogP contribution in [0.5, 0.6) is 0 Å². The summed E-state index contributed by atoms with van der Waals surface area (Å²) in [5, 5.41) is 0. The molecule has 10 heavy (non-hydrogen) atoms. The first-order valence-corrected chi connectivity index (χ1v) is 3.53. The van der Waals surface area contributed by atoms with Crippen LogP contribution in [0.15, 0.2) is 12.2 Å². The topological polar surface area (TPSA) is 34.1 Å². The van der Waals surface area contributed by atoms with Crippen molar-refractivity contribution < 1.29 is 9.59 Å². The fraction of sp³-hybridized carbons (Fsp3) is 0.500. The Balaban J connectivity index is 2.25. The van der Waals surface area contributed by atoms with Crippen LogP contribution in [0, 0.1) is 11.8 Å². The average Bonchev–Trinajstić information content (AvgIpc) is 1.78. The van der Waals surface area contributed by atoms with Gasteiger partial charge < -0.3 is 0 Å². The summed E-state index contributed by atoms with van der Waals surface area (Å²) in [4.78, 5) is 22.0. The molecule has 1 fully saturated rings. The van der Waals surface area contributed by atoms with Gasteiger partial charge in [-0.3, -0.25) is 9.59 Å². The van der Waals surface area contributed by atoms with Gasteiger partial charge in [-0.2, -0.15) is 0 Å². The van der Waals surface area contributed by atoms with E-state index in [1.54, 1.807) is 0 Å². The van der Waals surface area contributed by atoms with Gasteiger partial charge >= 0.3 is 0 Å². The maximum Gasteiger partial charge on any atom is 0.141 e. The Morgan fingerprint density at radius 2 is 1.40 bits per heavy atom. The van der Waals surface area contributed by atoms with E-state index in [4.69, 9.17) is 0 Å². The number of hydrogen-bond donors (Lipinski definition) is 0. The van der Waals surface area contributed by atoms with E-state index in [9.17, 15) is 9.59 Å². The molecule has 2 unspecified atom stereocenters. The molecule has 0 bridgehead atoms. The van der Waals surface area contributed by atoms with Gasteiger partial charge in [0, 0.05) is 24.7 Å². The maximum atomic E-state index is 11.0. The number of Topliss-reactive ketones (excluding diaryl/α,β-unsaturated/α-hetero) is 2. The molecule has 2 atom stereocenters. The second kappa shape index (κ2) is 1.78. The molecule has 1 saturated carbocycles. The van der Waals surface area contributed by atoms with E-state index < -0.39 is 0 Å². The zero-order valence-corrected chi connectivity index (χ0v) is 5.54. The molecule has 0 aromatic rings. The number of fused-ring (bicyclic) bond motifs is 1. The zero-order valence-electron chi connectivity index (χ0n) is 5.54. The second-order valence-electron chi connectivity index (χ2n) is 2.87. The third-order valence-electron chi connectivity index (χ3n) is 2.27. The van der Waals surface area contributed by atoms with Crippen molar-refractivity contribution in [3.63, 3.8) is 0 Å². The van der Waals surface area contributed by atoms with Crippen molar-refractivity contribution in [3.8, 4) is 0 Å². The van der Waals surface area contributed by atoms with Crippen molar-refractivity contribution in [3.05, 3.63) is 12.2 Å². The lowest BCUT2D eigenvalue weighted by molar-refractivity contribution is -0.135. The first-order chi connectivity index (χ1) is 4.79. The van der Waals surface area contributed by atoms with Crippen molar-refractivity contribution in [2.45, 2.75) is 12.8 Å². The minimum absolute atomic E-state index is 0.0405. The Hall–Kier alpha value is -0.920. The number of hydrogen-bond acceptors (Lipinski definition) is 2. The van der Waals surface area contributed by atoms with E-state index in [-0.39, 0.29) is 23.4 Å². The number of ketones is 2. The van der Waals surface area contributed by atoms with E-state index in [1.165, 1.54) is 0 Å². The van der Waals surface area contributed by atoms with Gasteiger partial charge in [-0.05, 0) is 0 Å². The Labute approximate surface area is 58.9 Å². The fourth-order valence-electron chi connectivity index (χ4n) is 1.53. The number of carbonyl (C=O) groups excluding carboxylic acids is 2. The molecule has 0 radical (unpaired) electrons. The lowest BCUT2D eigenvalue weighted by Gasteiger charge is -2.30. The minimum Gasteiger partial charge on any atom is -0.299 e. The summed E-state index contributed by atoms with van der Waals surface area (Å²) < 4.78 is 0. The smallest absolute Gasteiger partial charge is 0.141 e. The molecular formula is C8H8O2. The molecule has 2 aliphatic rings. The van der Waals surface area contributed by atoms with E-state index >= 15 is 0 Å². The summed E-state index contributed by atoms with van der Waals surface area (Å²) in [6.45, 7) is 0. The molecule has 0 aromatic heterocycles. The largest absolute Gasteiger partial charge is 0.299 e. The lowest BCUT2D eigenvalue weighted by Crippen LogP contribution is -2.37. The average molecular weight is 136 g/mol. The predicted octanol–water partition coefficient (Wildman–Crippen LogP) is 0.721. The SMILES string of the molecule is O=C1CCC(=O)C2C=CC12. The Morgan fingerprint density at radius 1 is 1.00 bits per heavy atom. The molecule has 52 valence electrons. The highest BCUT2D eigenvalue weighted by molar-refractivity contribution is 6.00. The Morgan fingerprint density at radius 3 is 1.70 bits per heavy atom. The number of allylic oxidation sites excluding steroid dienone is 2. The van der Waals surface area contributed by atoms with Gasteiger partial charge in [0.2, 0.25) is 0 Å². The predicted molar refractivity (Wildman–Crippen MR) is 35.4 cm³/mol. The van der Waals surface area contributed by atoms with Crippen LogP contribution >= 0.6 is 0 Å². The van der Waals surface area contributed by atoms with Crippen LogP contribution in [0.4, 0.5) is 0 Å². The van der Waals surface area contributed by atoms with Crippen molar-refractivity contribution in [2.75, 3.05) is 0 Å². The summed E-state index contributed by atoms with van der Waals surface area (Å²) in [5.74, 6) is 0.404. The molecule has 2 aliphatic carbocycles. The molecule has 0 spiro atoms. The van der Waals surface area contributed by atoms with E-state index in [1.807, 2.05) is 12.2 Å². The van der Waals surface area contributed by atoms with Gasteiger partial charge in [-0.25, -0.2) is 0 Å². The Bertz CT molecular complexity index is 203. The lowest BCUT2D eigenvalue weighted by atomic mass is 9.70. The number of carbonyl (C=O) groups is 2. The van der Waals surface area contributed by atoms with E-state index in [0.717, 1.165) is 0 Å². The van der Waals surface area contributed by atoms with E-state index in [0.29, 0.717) is 12.8 Å². The summed E-state index contributed by atoms with van der Waals surface area (Å²) in [6, 6.07) is 0. The normalized spacial score (nSPS) is 37.2. The number of rotatable bonds is 0. The van der Waals surface area contributed by atoms with Crippen molar-refractivity contribution >= 4 is 11.6 Å². The first kappa shape index (κ1) is 5.83. The Kier molecular flexibility index (Phi) is 1.04. The molecule has 0 N–H and O–H groups in total. The molecule has 0 heterocycles. The summed E-state index contributed by atoms with van der Waals surface area (Å²) in [7, 11) is 0. The minimum atomic E-state index is -0.0405. The van der Waals surface area contributed by atoms with Gasteiger partial charge in [0.05, 0.1) is 0 Å². The molecule has 2 heteroatoms. The van der Waals surface area contributed by atoms with Crippen LogP contribution in [0.25, 0.3) is 0 Å². The quantitative estimate of drug-likeness (QED) is 0.460. The first-order valence-electron chi connectivity index (χ1n) is 3.53. The maximum absolute atomic E-state index is 11.0. The zero-order chi connectivity index (χ0) is 7.14. The molecule has 2 rings (SSSR count). The highest BCUT2D eigenvalue weighted by Crippen LogP contribution is 2.33. The highest BCUT2D eigenvalue weighted by atomic mass is 16.1. The molecule has 0 aliphatic heterocycles. The van der Waals surface area contributed by atoms with Crippen molar-refractivity contribution in [1.82, 2.24) is 0 Å². The van der Waals surface area contributed by atoms with Crippen LogP contribution in [0.1, 0.15) is 12.8 Å². The van der Waals surface area contributed by atoms with Gasteiger partial charge in [-0.1, -0.05) is 12.2 Å². The summed E-state index contributed by atoms with van der Waals surface area (Å²) in [6.07, 6.45) is 4.60. The van der Waals surface area contributed by atoms with Crippen molar-refractivity contribution in [2.24, 2.45) is 11.8 Å². The molecular weight excluding hydrogens is 128 g/mol. The van der Waals surface area contributed by atoms with Crippen LogP contribution in [0.3, 0.4) is 0 Å². The highest BCUT2D eigenvalue weighted by Gasteiger charge is 2.38. The molecule has 0 aromatic carbocycles. The summed E-state index contributed by atoms with van der Waals surface area (Å²) >= 11 is 0. The second-order valence-corrected chi connectivity index (χ2v) is 2.87. The van der Waals surface area contributed by atoms with Gasteiger partial charge in [0.25, 0.3) is 0 Å². The van der Waals surface area contributed by atoms with Gasteiger partial charge in [0.1, 0.15) is 11.6 Å². The molecule has 2 nitrogen and oxygen atoms in total. The van der Waals surface area contributed by atoms with Crippen LogP contribution in [-0.2, 0) is 9.59 Å². The van der Waals surface area contributed by atoms with E-state index in [2.05, 4.69) is 0 Å². The standard InChI is InChI=1S/C8H8O2/c9-7-3-4-8(10)6-2-1-5(6)7/h1-2,5-6H,3-4H2. The third-order valence-corrected chi connectivity index (χ3v) is 2.27. The van der Waals surface area contributed by atoms with Crippen molar-refractivity contribution in [1.29, 1.82) is 0 Å². The van der Waals surface area contributed by atoms with Gasteiger partial charge in [-0.15, -0.1) is 0 Å². The molecule has 0 amide bonds. The van der Waals surface area contributed by atoms with Crippen LogP contribution < -0.4 is 0 Å². The third kappa shape index (κ3) is 0.589. The monoisotopic (exact) mass is 136 g/mol.